The summed E-state index contributed by atoms with van der Waals surface area (Å²) in [5, 5.41) is 6.00. The number of rotatable bonds is 5. The number of hydrogen-bond acceptors (Lipinski definition) is 1. The molecule has 0 aliphatic carbocycles. The first-order chi connectivity index (χ1) is 8.83. The van der Waals surface area contributed by atoms with Crippen LogP contribution in [0.15, 0.2) is 48.0 Å². The summed E-state index contributed by atoms with van der Waals surface area (Å²) in [6.07, 6.45) is 3.40. The van der Waals surface area contributed by atoms with E-state index in [4.69, 9.17) is 0 Å². The second kappa shape index (κ2) is 6.36. The predicted molar refractivity (Wildman–Crippen MR) is 80.8 cm³/mol. The summed E-state index contributed by atoms with van der Waals surface area (Å²) in [6.45, 7) is 6.36. The largest absolute Gasteiger partial charge is 0.313 e. The first-order valence-corrected chi connectivity index (χ1v) is 6.72. The number of benzene rings is 2. The predicted octanol–water partition coefficient (Wildman–Crippen LogP) is 4.24. The van der Waals surface area contributed by atoms with Crippen LogP contribution >= 0.6 is 0 Å². The molecule has 0 spiro atoms. The molecule has 0 aromatic heterocycles. The Balaban J connectivity index is 2.26. The van der Waals surface area contributed by atoms with Gasteiger partial charge in [-0.1, -0.05) is 61.9 Å². The zero-order chi connectivity index (χ0) is 12.8. The molecule has 0 aliphatic heterocycles. The summed E-state index contributed by atoms with van der Waals surface area (Å²) in [4.78, 5) is 0. The number of nitrogens with one attached hydrogen (secondary N) is 1. The van der Waals surface area contributed by atoms with E-state index >= 15 is 0 Å². The highest BCUT2D eigenvalue weighted by atomic mass is 14.8. The minimum Gasteiger partial charge on any atom is -0.313 e. The van der Waals surface area contributed by atoms with Gasteiger partial charge in [-0.15, -0.1) is 0 Å². The molecule has 0 heterocycles. The summed E-state index contributed by atoms with van der Waals surface area (Å²) in [5.74, 6) is 0. The Morgan fingerprint density at radius 1 is 1.06 bits per heavy atom. The van der Waals surface area contributed by atoms with E-state index < -0.39 is 0 Å². The third-order valence-corrected chi connectivity index (χ3v) is 3.20. The summed E-state index contributed by atoms with van der Waals surface area (Å²) in [7, 11) is 0. The lowest BCUT2D eigenvalue weighted by Crippen LogP contribution is -2.15. The Kier molecular flexibility index (Phi) is 4.54. The Labute approximate surface area is 110 Å². The SMILES string of the molecule is CCNCC(=Cc1ccc2ccccc2c1)CC. The molecule has 1 nitrogen and oxygen atoms in total. The fourth-order valence-corrected chi connectivity index (χ4v) is 2.10. The smallest absolute Gasteiger partial charge is 0.0167 e. The van der Waals surface area contributed by atoms with E-state index in [9.17, 15) is 0 Å². The second-order valence-corrected chi connectivity index (χ2v) is 4.54. The van der Waals surface area contributed by atoms with Crippen LogP contribution in [0.3, 0.4) is 0 Å². The molecule has 0 amide bonds. The lowest BCUT2D eigenvalue weighted by atomic mass is 10.0. The Hall–Kier alpha value is -1.60. The normalized spacial score (nSPS) is 12.0. The highest BCUT2D eigenvalue weighted by Gasteiger charge is 1.97. The molecule has 2 aromatic rings. The van der Waals surface area contributed by atoms with E-state index in [2.05, 4.69) is 67.7 Å². The minimum atomic E-state index is 0.986. The maximum Gasteiger partial charge on any atom is 0.0167 e. The van der Waals surface area contributed by atoms with Gasteiger partial charge in [-0.05, 0) is 35.4 Å². The Morgan fingerprint density at radius 2 is 1.83 bits per heavy atom. The molecule has 18 heavy (non-hydrogen) atoms. The molecule has 94 valence electrons. The molecule has 2 rings (SSSR count). The van der Waals surface area contributed by atoms with Crippen LogP contribution in [0.1, 0.15) is 25.8 Å². The van der Waals surface area contributed by atoms with E-state index in [1.807, 2.05) is 0 Å². The summed E-state index contributed by atoms with van der Waals surface area (Å²) >= 11 is 0. The molecule has 0 saturated heterocycles. The zero-order valence-electron chi connectivity index (χ0n) is 11.2. The first kappa shape index (κ1) is 12.8. The van der Waals surface area contributed by atoms with Crippen molar-refractivity contribution in [3.63, 3.8) is 0 Å². The van der Waals surface area contributed by atoms with Crippen molar-refractivity contribution < 1.29 is 0 Å². The van der Waals surface area contributed by atoms with Crippen LogP contribution in [-0.4, -0.2) is 13.1 Å². The van der Waals surface area contributed by atoms with Gasteiger partial charge >= 0.3 is 0 Å². The Bertz CT molecular complexity index is 540. The average Bonchev–Trinajstić information content (AvgIpc) is 2.43. The van der Waals surface area contributed by atoms with Crippen molar-refractivity contribution in [3.8, 4) is 0 Å². The average molecular weight is 239 g/mol. The van der Waals surface area contributed by atoms with Crippen LogP contribution in [-0.2, 0) is 0 Å². The third-order valence-electron chi connectivity index (χ3n) is 3.20. The van der Waals surface area contributed by atoms with Crippen LogP contribution in [0.2, 0.25) is 0 Å². The monoisotopic (exact) mass is 239 g/mol. The van der Waals surface area contributed by atoms with Crippen molar-refractivity contribution in [2.75, 3.05) is 13.1 Å². The van der Waals surface area contributed by atoms with E-state index in [1.165, 1.54) is 21.9 Å². The maximum absolute atomic E-state index is 3.39. The molecular formula is C17H21N. The highest BCUT2D eigenvalue weighted by Crippen LogP contribution is 2.18. The lowest BCUT2D eigenvalue weighted by Gasteiger charge is -2.06. The molecule has 0 aliphatic rings. The van der Waals surface area contributed by atoms with Crippen molar-refractivity contribution in [2.45, 2.75) is 20.3 Å². The van der Waals surface area contributed by atoms with Gasteiger partial charge in [0, 0.05) is 6.54 Å². The highest BCUT2D eigenvalue weighted by molar-refractivity contribution is 5.84. The van der Waals surface area contributed by atoms with Crippen molar-refractivity contribution >= 4 is 16.8 Å². The van der Waals surface area contributed by atoms with Gasteiger partial charge in [0.2, 0.25) is 0 Å². The van der Waals surface area contributed by atoms with Gasteiger partial charge in [0.25, 0.3) is 0 Å². The molecule has 1 heteroatoms. The van der Waals surface area contributed by atoms with Gasteiger partial charge in [0.15, 0.2) is 0 Å². The van der Waals surface area contributed by atoms with Gasteiger partial charge in [-0.3, -0.25) is 0 Å². The maximum atomic E-state index is 3.39. The van der Waals surface area contributed by atoms with E-state index in [0.29, 0.717) is 0 Å². The topological polar surface area (TPSA) is 12.0 Å². The van der Waals surface area contributed by atoms with Crippen molar-refractivity contribution in [3.05, 3.63) is 53.6 Å². The molecule has 0 unspecified atom stereocenters. The van der Waals surface area contributed by atoms with Crippen LogP contribution in [0.25, 0.3) is 16.8 Å². The molecule has 0 atom stereocenters. The fourth-order valence-electron chi connectivity index (χ4n) is 2.10. The van der Waals surface area contributed by atoms with Crippen molar-refractivity contribution in [1.29, 1.82) is 0 Å². The summed E-state index contributed by atoms with van der Waals surface area (Å²) in [5.41, 5.74) is 2.75. The van der Waals surface area contributed by atoms with E-state index in [-0.39, 0.29) is 0 Å². The molecular weight excluding hydrogens is 218 g/mol. The quantitative estimate of drug-likeness (QED) is 0.822. The molecule has 2 aromatic carbocycles. The molecule has 1 N–H and O–H groups in total. The standard InChI is InChI=1S/C17H21N/c1-3-14(13-18-4-2)11-15-9-10-16-7-5-6-8-17(16)12-15/h5-12,18H,3-4,13H2,1-2H3. The van der Waals surface area contributed by atoms with Crippen LogP contribution < -0.4 is 5.32 Å². The molecule has 0 bridgehead atoms. The van der Waals surface area contributed by atoms with Gasteiger partial charge < -0.3 is 5.32 Å². The summed E-state index contributed by atoms with van der Waals surface area (Å²) < 4.78 is 0. The number of hydrogen-bond donors (Lipinski definition) is 1. The van der Waals surface area contributed by atoms with E-state index in [0.717, 1.165) is 19.5 Å². The number of likely N-dealkylation sites (N-methyl/N-ethyl adjacent to an activating group) is 1. The van der Waals surface area contributed by atoms with Gasteiger partial charge in [0.05, 0.1) is 0 Å². The van der Waals surface area contributed by atoms with Crippen LogP contribution in [0, 0.1) is 0 Å². The van der Waals surface area contributed by atoms with Gasteiger partial charge in [-0.2, -0.15) is 0 Å². The molecule has 0 radical (unpaired) electrons. The first-order valence-electron chi connectivity index (χ1n) is 6.72. The second-order valence-electron chi connectivity index (χ2n) is 4.54. The molecule has 0 fully saturated rings. The minimum absolute atomic E-state index is 0.986. The van der Waals surface area contributed by atoms with Gasteiger partial charge in [0.1, 0.15) is 0 Å². The molecule has 0 saturated carbocycles. The zero-order valence-corrected chi connectivity index (χ0v) is 11.2. The van der Waals surface area contributed by atoms with E-state index in [1.54, 1.807) is 0 Å². The van der Waals surface area contributed by atoms with Crippen molar-refractivity contribution in [1.82, 2.24) is 5.32 Å². The van der Waals surface area contributed by atoms with Crippen molar-refractivity contribution in [2.24, 2.45) is 0 Å². The van der Waals surface area contributed by atoms with Crippen LogP contribution in [0.5, 0.6) is 0 Å². The lowest BCUT2D eigenvalue weighted by molar-refractivity contribution is 0.762. The fraction of sp³-hybridized carbons (Fsp3) is 0.294. The van der Waals surface area contributed by atoms with Crippen LogP contribution in [0.4, 0.5) is 0 Å². The number of fused-ring (bicyclic) bond motifs is 1. The van der Waals surface area contributed by atoms with Gasteiger partial charge in [-0.25, -0.2) is 0 Å². The third kappa shape index (κ3) is 3.21. The summed E-state index contributed by atoms with van der Waals surface area (Å²) in [6, 6.07) is 15.2. The Morgan fingerprint density at radius 3 is 2.56 bits per heavy atom.